The molecule has 5 heteroatoms. The van der Waals surface area contributed by atoms with Gasteiger partial charge in [-0.25, -0.2) is 4.79 Å². The van der Waals surface area contributed by atoms with Crippen molar-refractivity contribution in [1.82, 2.24) is 10.6 Å². The number of rotatable bonds is 7. The van der Waals surface area contributed by atoms with Crippen molar-refractivity contribution in [1.29, 1.82) is 0 Å². The summed E-state index contributed by atoms with van der Waals surface area (Å²) in [4.78, 5) is 22.6. The van der Waals surface area contributed by atoms with Crippen LogP contribution in [0.15, 0.2) is 0 Å². The molecule has 1 aliphatic rings. The third-order valence-corrected chi connectivity index (χ3v) is 4.13. The van der Waals surface area contributed by atoms with E-state index in [4.69, 9.17) is 4.74 Å². The van der Waals surface area contributed by atoms with Gasteiger partial charge < -0.3 is 15.4 Å². The highest BCUT2D eigenvalue weighted by molar-refractivity contribution is 5.83. The third-order valence-electron chi connectivity index (χ3n) is 4.13. The standard InChI is InChI=1S/C14H26N2O3/c1-4-14(7-5-6-8-14)10-15-9-12(13(18)19-3)16-11(2)17/h12,15H,4-10H2,1-3H3,(H,16,17). The molecule has 0 aliphatic heterocycles. The molecule has 0 aromatic heterocycles. The van der Waals surface area contributed by atoms with Gasteiger partial charge in [-0.2, -0.15) is 0 Å². The Hall–Kier alpha value is -1.10. The van der Waals surface area contributed by atoms with Gasteiger partial charge in [0.1, 0.15) is 6.04 Å². The van der Waals surface area contributed by atoms with Gasteiger partial charge in [-0.15, -0.1) is 0 Å². The lowest BCUT2D eigenvalue weighted by molar-refractivity contribution is -0.144. The molecule has 1 rings (SSSR count). The minimum Gasteiger partial charge on any atom is -0.467 e. The second-order valence-electron chi connectivity index (χ2n) is 5.47. The van der Waals surface area contributed by atoms with Crippen LogP contribution >= 0.6 is 0 Å². The molecule has 0 bridgehead atoms. The van der Waals surface area contributed by atoms with E-state index >= 15 is 0 Å². The highest BCUT2D eigenvalue weighted by Crippen LogP contribution is 2.40. The average Bonchev–Trinajstić information content (AvgIpc) is 2.85. The molecule has 5 nitrogen and oxygen atoms in total. The van der Waals surface area contributed by atoms with Gasteiger partial charge in [0.2, 0.25) is 5.91 Å². The SMILES string of the molecule is CCC1(CNCC(NC(C)=O)C(=O)OC)CCCC1. The van der Waals surface area contributed by atoms with E-state index in [2.05, 4.69) is 17.6 Å². The molecule has 0 aromatic rings. The van der Waals surface area contributed by atoms with E-state index in [0.29, 0.717) is 12.0 Å². The normalized spacial score (nSPS) is 18.9. The van der Waals surface area contributed by atoms with E-state index in [0.717, 1.165) is 13.0 Å². The van der Waals surface area contributed by atoms with Crippen LogP contribution < -0.4 is 10.6 Å². The van der Waals surface area contributed by atoms with Crippen molar-refractivity contribution in [3.05, 3.63) is 0 Å². The van der Waals surface area contributed by atoms with E-state index in [1.165, 1.54) is 39.7 Å². The first-order valence-electron chi connectivity index (χ1n) is 7.08. The van der Waals surface area contributed by atoms with Gasteiger partial charge in [0.25, 0.3) is 0 Å². The van der Waals surface area contributed by atoms with Gasteiger partial charge in [-0.1, -0.05) is 19.8 Å². The number of carbonyl (C=O) groups excluding carboxylic acids is 2. The van der Waals surface area contributed by atoms with Gasteiger partial charge >= 0.3 is 5.97 Å². The summed E-state index contributed by atoms with van der Waals surface area (Å²) in [6.45, 7) is 4.95. The molecule has 110 valence electrons. The monoisotopic (exact) mass is 270 g/mol. The van der Waals surface area contributed by atoms with Crippen LogP contribution in [0.2, 0.25) is 0 Å². The Balaban J connectivity index is 2.42. The molecular formula is C14H26N2O3. The number of esters is 1. The summed E-state index contributed by atoms with van der Waals surface area (Å²) >= 11 is 0. The number of carbonyl (C=O) groups is 2. The highest BCUT2D eigenvalue weighted by atomic mass is 16.5. The van der Waals surface area contributed by atoms with Crippen molar-refractivity contribution in [3.8, 4) is 0 Å². The van der Waals surface area contributed by atoms with Gasteiger partial charge in [0, 0.05) is 20.0 Å². The predicted molar refractivity (Wildman–Crippen MR) is 73.7 cm³/mol. The molecule has 0 saturated heterocycles. The maximum Gasteiger partial charge on any atom is 0.329 e. The fourth-order valence-electron chi connectivity index (χ4n) is 2.84. The van der Waals surface area contributed by atoms with Crippen LogP contribution in [0.25, 0.3) is 0 Å². The maximum absolute atomic E-state index is 11.5. The summed E-state index contributed by atoms with van der Waals surface area (Å²) in [5, 5.41) is 5.93. The summed E-state index contributed by atoms with van der Waals surface area (Å²) < 4.78 is 4.69. The fourth-order valence-corrected chi connectivity index (χ4v) is 2.84. The van der Waals surface area contributed by atoms with E-state index in [1.807, 2.05) is 0 Å². The minimum atomic E-state index is -0.599. The zero-order chi connectivity index (χ0) is 14.3. The Labute approximate surface area is 115 Å². The Morgan fingerprint density at radius 3 is 2.42 bits per heavy atom. The van der Waals surface area contributed by atoms with Gasteiger partial charge in [0.05, 0.1) is 7.11 Å². The van der Waals surface area contributed by atoms with Gasteiger partial charge in [-0.05, 0) is 24.7 Å². The molecule has 1 atom stereocenters. The van der Waals surface area contributed by atoms with Gasteiger partial charge in [0.15, 0.2) is 0 Å². The van der Waals surface area contributed by atoms with E-state index in [9.17, 15) is 9.59 Å². The molecule has 0 aromatic carbocycles. The minimum absolute atomic E-state index is 0.219. The Bertz CT molecular complexity index is 312. The molecule has 0 radical (unpaired) electrons. The van der Waals surface area contributed by atoms with Crippen LogP contribution in [0.4, 0.5) is 0 Å². The molecule has 1 fully saturated rings. The summed E-state index contributed by atoms with van der Waals surface area (Å²) in [5.74, 6) is -0.622. The van der Waals surface area contributed by atoms with Crippen molar-refractivity contribution < 1.29 is 14.3 Å². The molecule has 0 spiro atoms. The van der Waals surface area contributed by atoms with Crippen molar-refractivity contribution in [3.63, 3.8) is 0 Å². The number of ether oxygens (including phenoxy) is 1. The van der Waals surface area contributed by atoms with Crippen molar-refractivity contribution in [2.45, 2.75) is 52.0 Å². The smallest absolute Gasteiger partial charge is 0.329 e. The number of nitrogens with one attached hydrogen (secondary N) is 2. The van der Waals surface area contributed by atoms with Crippen LogP contribution in [-0.4, -0.2) is 38.1 Å². The summed E-state index contributed by atoms with van der Waals surface area (Å²) in [5.41, 5.74) is 0.372. The van der Waals surface area contributed by atoms with E-state index < -0.39 is 12.0 Å². The van der Waals surface area contributed by atoms with Crippen LogP contribution in [0.5, 0.6) is 0 Å². The van der Waals surface area contributed by atoms with Crippen LogP contribution in [-0.2, 0) is 14.3 Å². The van der Waals surface area contributed by atoms with E-state index in [-0.39, 0.29) is 5.91 Å². The lowest BCUT2D eigenvalue weighted by atomic mass is 9.83. The Morgan fingerprint density at radius 2 is 1.95 bits per heavy atom. The first-order valence-corrected chi connectivity index (χ1v) is 7.08. The second kappa shape index (κ2) is 7.48. The number of amides is 1. The molecule has 2 N–H and O–H groups in total. The largest absolute Gasteiger partial charge is 0.467 e. The summed E-state index contributed by atoms with van der Waals surface area (Å²) in [6, 6.07) is -0.599. The molecule has 1 saturated carbocycles. The van der Waals surface area contributed by atoms with Crippen LogP contribution in [0.3, 0.4) is 0 Å². The zero-order valence-corrected chi connectivity index (χ0v) is 12.3. The molecule has 19 heavy (non-hydrogen) atoms. The maximum atomic E-state index is 11.5. The summed E-state index contributed by atoms with van der Waals surface area (Å²) in [7, 11) is 1.33. The quantitative estimate of drug-likeness (QED) is 0.683. The summed E-state index contributed by atoms with van der Waals surface area (Å²) in [6.07, 6.45) is 6.24. The second-order valence-corrected chi connectivity index (χ2v) is 5.47. The molecular weight excluding hydrogens is 244 g/mol. The average molecular weight is 270 g/mol. The van der Waals surface area contributed by atoms with Crippen molar-refractivity contribution in [2.24, 2.45) is 5.41 Å². The third kappa shape index (κ3) is 4.82. The van der Waals surface area contributed by atoms with Gasteiger partial charge in [-0.3, -0.25) is 4.79 Å². The molecule has 1 amide bonds. The number of methoxy groups -OCH3 is 1. The van der Waals surface area contributed by atoms with E-state index in [1.54, 1.807) is 0 Å². The number of hydrogen-bond acceptors (Lipinski definition) is 4. The molecule has 1 aliphatic carbocycles. The zero-order valence-electron chi connectivity index (χ0n) is 12.3. The fraction of sp³-hybridized carbons (Fsp3) is 0.857. The van der Waals surface area contributed by atoms with Crippen molar-refractivity contribution in [2.75, 3.05) is 20.2 Å². The van der Waals surface area contributed by atoms with Crippen LogP contribution in [0.1, 0.15) is 46.0 Å². The Kier molecular flexibility index (Phi) is 6.28. The number of hydrogen-bond donors (Lipinski definition) is 2. The van der Waals surface area contributed by atoms with Crippen molar-refractivity contribution >= 4 is 11.9 Å². The lowest BCUT2D eigenvalue weighted by Gasteiger charge is -2.28. The molecule has 0 heterocycles. The van der Waals surface area contributed by atoms with Crippen LogP contribution in [0, 0.1) is 5.41 Å². The highest BCUT2D eigenvalue weighted by Gasteiger charge is 2.32. The molecule has 1 unspecified atom stereocenters. The topological polar surface area (TPSA) is 67.4 Å². The lowest BCUT2D eigenvalue weighted by Crippen LogP contribution is -2.48. The predicted octanol–water partition coefficient (Wildman–Crippen LogP) is 1.22. The first-order chi connectivity index (χ1) is 9.03. The Morgan fingerprint density at radius 1 is 1.32 bits per heavy atom. The first kappa shape index (κ1) is 16.0.